The third-order valence-corrected chi connectivity index (χ3v) is 4.92. The Morgan fingerprint density at radius 3 is 2.89 bits per heavy atom. The lowest BCUT2D eigenvalue weighted by Gasteiger charge is -2.40. The monoisotopic (exact) mass is 296 g/mol. The summed E-state index contributed by atoms with van der Waals surface area (Å²) >= 11 is 0. The smallest absolute Gasteiger partial charge is 0.317 e. The first-order valence-corrected chi connectivity index (χ1v) is 7.72. The summed E-state index contributed by atoms with van der Waals surface area (Å²) in [5, 5.41) is 2.75. The minimum Gasteiger partial charge on any atom is -0.366 e. The molecule has 3 unspecified atom stereocenters. The van der Waals surface area contributed by atoms with Gasteiger partial charge < -0.3 is 15.0 Å². The van der Waals surface area contributed by atoms with Crippen molar-refractivity contribution in [3.8, 4) is 0 Å². The molecule has 2 heterocycles. The van der Waals surface area contributed by atoms with Crippen molar-refractivity contribution in [3.05, 3.63) is 0 Å². The van der Waals surface area contributed by atoms with Gasteiger partial charge in [-0.3, -0.25) is 4.21 Å². The maximum atomic E-state index is 12.9. The Bertz CT molecular complexity index is 383. The standard InChI is InChI=1S/C11H18F2N2O3S/c1-11(9(12)13)7-15(3-4-18-11)10(16)14-8-2-5-19(17)6-8/h8-9H,2-7H2,1H3,(H,14,16). The van der Waals surface area contributed by atoms with Gasteiger partial charge in [0.1, 0.15) is 5.60 Å². The van der Waals surface area contributed by atoms with Crippen LogP contribution in [0.15, 0.2) is 0 Å². The average Bonchev–Trinajstić information content (AvgIpc) is 2.74. The van der Waals surface area contributed by atoms with Gasteiger partial charge in [0.25, 0.3) is 6.43 Å². The predicted octanol–water partition coefficient (Wildman–Crippen LogP) is 0.573. The van der Waals surface area contributed by atoms with E-state index in [9.17, 15) is 17.8 Å². The molecule has 3 atom stereocenters. The number of nitrogens with one attached hydrogen (secondary N) is 1. The van der Waals surface area contributed by atoms with Crippen molar-refractivity contribution in [2.75, 3.05) is 31.2 Å². The summed E-state index contributed by atoms with van der Waals surface area (Å²) in [6, 6.07) is -0.493. The minimum atomic E-state index is -2.64. The van der Waals surface area contributed by atoms with E-state index in [0.717, 1.165) is 0 Å². The van der Waals surface area contributed by atoms with Crippen LogP contribution in [0.1, 0.15) is 13.3 Å². The first-order valence-electron chi connectivity index (χ1n) is 6.23. The number of urea groups is 1. The van der Waals surface area contributed by atoms with Crippen molar-refractivity contribution >= 4 is 16.8 Å². The number of carbonyl (C=O) groups is 1. The van der Waals surface area contributed by atoms with E-state index in [4.69, 9.17) is 4.74 Å². The number of rotatable bonds is 2. The molecule has 0 bridgehead atoms. The van der Waals surface area contributed by atoms with E-state index >= 15 is 0 Å². The van der Waals surface area contributed by atoms with Crippen LogP contribution in [0.3, 0.4) is 0 Å². The molecule has 110 valence electrons. The summed E-state index contributed by atoms with van der Waals surface area (Å²) in [6.07, 6.45) is -1.96. The Morgan fingerprint density at radius 2 is 2.32 bits per heavy atom. The summed E-state index contributed by atoms with van der Waals surface area (Å²) in [4.78, 5) is 13.3. The maximum Gasteiger partial charge on any atom is 0.317 e. The fraction of sp³-hybridized carbons (Fsp3) is 0.909. The first-order chi connectivity index (χ1) is 8.90. The van der Waals surface area contributed by atoms with E-state index in [-0.39, 0.29) is 25.2 Å². The minimum absolute atomic E-state index is 0.102. The van der Waals surface area contributed by atoms with Crippen molar-refractivity contribution < 1.29 is 22.5 Å². The zero-order valence-corrected chi connectivity index (χ0v) is 11.5. The molecule has 0 aromatic heterocycles. The molecule has 2 saturated heterocycles. The van der Waals surface area contributed by atoms with Gasteiger partial charge in [-0.1, -0.05) is 0 Å². The van der Waals surface area contributed by atoms with Gasteiger partial charge in [0.15, 0.2) is 0 Å². The van der Waals surface area contributed by atoms with Gasteiger partial charge in [-0.15, -0.1) is 0 Å². The molecule has 2 amide bonds. The molecular formula is C11H18F2N2O3S. The number of hydrogen-bond acceptors (Lipinski definition) is 3. The molecule has 2 aliphatic heterocycles. The van der Waals surface area contributed by atoms with Gasteiger partial charge in [0, 0.05) is 34.9 Å². The highest BCUT2D eigenvalue weighted by Gasteiger charge is 2.42. The summed E-state index contributed by atoms with van der Waals surface area (Å²) in [5.74, 6) is 1.03. The molecule has 0 aliphatic carbocycles. The van der Waals surface area contributed by atoms with Crippen molar-refractivity contribution in [1.82, 2.24) is 10.2 Å². The fourth-order valence-electron chi connectivity index (χ4n) is 2.24. The van der Waals surface area contributed by atoms with Crippen LogP contribution in [0.25, 0.3) is 0 Å². The van der Waals surface area contributed by atoms with E-state index < -0.39 is 22.8 Å². The Hall–Kier alpha value is -0.760. The zero-order chi connectivity index (χ0) is 14.0. The van der Waals surface area contributed by atoms with Crippen LogP contribution in [0, 0.1) is 0 Å². The molecule has 8 heteroatoms. The van der Waals surface area contributed by atoms with Gasteiger partial charge in [-0.05, 0) is 13.3 Å². The second-order valence-corrected chi connectivity index (χ2v) is 6.75. The summed E-state index contributed by atoms with van der Waals surface area (Å²) in [7, 11) is -0.875. The molecule has 0 radical (unpaired) electrons. The number of amides is 2. The van der Waals surface area contributed by atoms with Gasteiger partial charge >= 0.3 is 6.03 Å². The molecule has 2 fully saturated rings. The Kier molecular flexibility index (Phi) is 4.39. The molecule has 0 aromatic carbocycles. The van der Waals surface area contributed by atoms with Crippen molar-refractivity contribution in [2.45, 2.75) is 31.4 Å². The van der Waals surface area contributed by atoms with Crippen LogP contribution < -0.4 is 5.32 Å². The number of alkyl halides is 2. The molecule has 19 heavy (non-hydrogen) atoms. The van der Waals surface area contributed by atoms with Gasteiger partial charge in [-0.25, -0.2) is 13.6 Å². The van der Waals surface area contributed by atoms with E-state index in [1.165, 1.54) is 11.8 Å². The lowest BCUT2D eigenvalue weighted by Crippen LogP contribution is -2.58. The summed E-state index contributed by atoms with van der Waals surface area (Å²) in [6.45, 7) is 1.57. The molecule has 1 N–H and O–H groups in total. The van der Waals surface area contributed by atoms with Crippen molar-refractivity contribution in [3.63, 3.8) is 0 Å². The number of ether oxygens (including phenoxy) is 1. The highest BCUT2D eigenvalue weighted by atomic mass is 32.2. The third kappa shape index (κ3) is 3.42. The van der Waals surface area contributed by atoms with Crippen molar-refractivity contribution in [2.24, 2.45) is 0 Å². The number of nitrogens with zero attached hydrogens (tertiary/aromatic N) is 1. The van der Waals surface area contributed by atoms with E-state index in [2.05, 4.69) is 5.32 Å². The van der Waals surface area contributed by atoms with Crippen LogP contribution in [-0.2, 0) is 15.5 Å². The predicted molar refractivity (Wildman–Crippen MR) is 66.7 cm³/mol. The number of morpholine rings is 1. The van der Waals surface area contributed by atoms with E-state index in [1.807, 2.05) is 0 Å². The normalized spacial score (nSPS) is 35.7. The van der Waals surface area contributed by atoms with E-state index in [1.54, 1.807) is 0 Å². The highest BCUT2D eigenvalue weighted by Crippen LogP contribution is 2.25. The maximum absolute atomic E-state index is 12.9. The fourth-order valence-corrected chi connectivity index (χ4v) is 3.66. The number of halogens is 2. The quantitative estimate of drug-likeness (QED) is 0.810. The largest absolute Gasteiger partial charge is 0.366 e. The molecule has 2 rings (SSSR count). The molecule has 0 saturated carbocycles. The lowest BCUT2D eigenvalue weighted by atomic mass is 10.1. The summed E-state index contributed by atoms with van der Waals surface area (Å²) < 4.78 is 42.1. The topological polar surface area (TPSA) is 58.6 Å². The van der Waals surface area contributed by atoms with E-state index in [0.29, 0.717) is 24.5 Å². The Labute approximate surface area is 113 Å². The van der Waals surface area contributed by atoms with Gasteiger partial charge in [0.05, 0.1) is 13.2 Å². The lowest BCUT2D eigenvalue weighted by molar-refractivity contribution is -0.161. The van der Waals surface area contributed by atoms with Crippen LogP contribution in [-0.4, -0.2) is 64.4 Å². The SMILES string of the molecule is CC1(C(F)F)CN(C(=O)NC2CCS(=O)C2)CCO1. The number of carbonyl (C=O) groups excluding carboxylic acids is 1. The Morgan fingerprint density at radius 1 is 1.58 bits per heavy atom. The van der Waals surface area contributed by atoms with Gasteiger partial charge in [-0.2, -0.15) is 0 Å². The first kappa shape index (κ1) is 14.6. The molecular weight excluding hydrogens is 278 g/mol. The molecule has 0 spiro atoms. The van der Waals surface area contributed by atoms with Crippen LogP contribution in [0.4, 0.5) is 13.6 Å². The highest BCUT2D eigenvalue weighted by molar-refractivity contribution is 7.85. The van der Waals surface area contributed by atoms with Gasteiger partial charge in [0.2, 0.25) is 0 Å². The zero-order valence-electron chi connectivity index (χ0n) is 10.7. The molecule has 2 aliphatic rings. The second kappa shape index (κ2) is 5.70. The average molecular weight is 296 g/mol. The number of hydrogen-bond donors (Lipinski definition) is 1. The third-order valence-electron chi connectivity index (χ3n) is 3.46. The molecule has 5 nitrogen and oxygen atoms in total. The van der Waals surface area contributed by atoms with Crippen LogP contribution in [0.2, 0.25) is 0 Å². The van der Waals surface area contributed by atoms with Crippen molar-refractivity contribution in [1.29, 1.82) is 0 Å². The summed E-state index contributed by atoms with van der Waals surface area (Å²) in [5.41, 5.74) is -1.60. The Balaban J connectivity index is 1.90. The second-order valence-electron chi connectivity index (χ2n) is 5.13. The van der Waals surface area contributed by atoms with Crippen LogP contribution in [0.5, 0.6) is 0 Å². The molecule has 0 aromatic rings. The van der Waals surface area contributed by atoms with Crippen LogP contribution >= 0.6 is 0 Å².